The fourth-order valence-electron chi connectivity index (χ4n) is 4.77. The molecule has 0 aliphatic carbocycles. The Hall–Kier alpha value is -3.37. The molecule has 1 N–H and O–H groups in total. The number of nitrogens with one attached hydrogen (secondary N) is 1. The summed E-state index contributed by atoms with van der Waals surface area (Å²) in [5.74, 6) is -1.72. The monoisotopic (exact) mass is 546 g/mol. The highest BCUT2D eigenvalue weighted by atomic mass is 32.2. The SMILES string of the molecule is C[C@@H](c1ccc(-c2ccc(F)cc2F)cc1)N1CCC(CCCNS(C)(=O)=O)(c2ccc(F)cc2)OC1=O. The standard InChI is InChI=1S/C28H29F3N2O4S/c1-19(20-4-6-21(7-5-20)25-13-12-24(30)18-26(25)31)33-17-15-28(37-27(33)34,14-3-16-32-38(2,35)36)22-8-10-23(29)11-9-22/h4-13,18-19,32H,3,14-17H2,1-2H3/t19-,28?/m0/s1. The molecule has 1 amide bonds. The van der Waals surface area contributed by atoms with Gasteiger partial charge in [0.15, 0.2) is 0 Å². The second-order valence-electron chi connectivity index (χ2n) is 9.50. The number of cyclic esters (lactones) is 1. The summed E-state index contributed by atoms with van der Waals surface area (Å²) in [6.07, 6.45) is 1.72. The highest BCUT2D eigenvalue weighted by Gasteiger charge is 2.43. The lowest BCUT2D eigenvalue weighted by Gasteiger charge is -2.43. The molecule has 202 valence electrons. The van der Waals surface area contributed by atoms with Gasteiger partial charge >= 0.3 is 6.09 Å². The largest absolute Gasteiger partial charge is 0.438 e. The maximum absolute atomic E-state index is 14.2. The Balaban J connectivity index is 1.50. The highest BCUT2D eigenvalue weighted by Crippen LogP contribution is 2.40. The lowest BCUT2D eigenvalue weighted by molar-refractivity contribution is -0.0662. The molecule has 0 spiro atoms. The maximum atomic E-state index is 14.2. The summed E-state index contributed by atoms with van der Waals surface area (Å²) in [6, 6.07) is 15.8. The molecule has 0 saturated carbocycles. The molecule has 0 aromatic heterocycles. The number of halogens is 3. The zero-order valence-corrected chi connectivity index (χ0v) is 21.9. The van der Waals surface area contributed by atoms with E-state index in [1.165, 1.54) is 24.3 Å². The van der Waals surface area contributed by atoms with Crippen LogP contribution in [-0.2, 0) is 20.4 Å². The van der Waals surface area contributed by atoms with Crippen molar-refractivity contribution in [1.29, 1.82) is 0 Å². The summed E-state index contributed by atoms with van der Waals surface area (Å²) < 4.78 is 72.3. The summed E-state index contributed by atoms with van der Waals surface area (Å²) >= 11 is 0. The van der Waals surface area contributed by atoms with Gasteiger partial charge in [-0.25, -0.2) is 31.1 Å². The van der Waals surface area contributed by atoms with Crippen LogP contribution in [0.4, 0.5) is 18.0 Å². The summed E-state index contributed by atoms with van der Waals surface area (Å²) in [4.78, 5) is 14.8. The molecular weight excluding hydrogens is 517 g/mol. The van der Waals surface area contributed by atoms with Crippen LogP contribution in [0.5, 0.6) is 0 Å². The number of sulfonamides is 1. The van der Waals surface area contributed by atoms with Gasteiger partial charge in [-0.1, -0.05) is 36.4 Å². The van der Waals surface area contributed by atoms with E-state index < -0.39 is 39.2 Å². The van der Waals surface area contributed by atoms with E-state index in [0.717, 1.165) is 17.9 Å². The molecule has 3 aromatic carbocycles. The van der Waals surface area contributed by atoms with E-state index in [0.29, 0.717) is 36.9 Å². The molecule has 1 aliphatic heterocycles. The Morgan fingerprint density at radius 1 is 1.00 bits per heavy atom. The zero-order chi connectivity index (χ0) is 27.5. The normalized spacial score (nSPS) is 18.8. The molecular formula is C28H29F3N2O4S. The lowest BCUT2D eigenvalue weighted by atomic mass is 9.84. The van der Waals surface area contributed by atoms with Crippen molar-refractivity contribution in [2.45, 2.75) is 37.8 Å². The molecule has 1 saturated heterocycles. The number of hydrogen-bond acceptors (Lipinski definition) is 4. The number of carbonyl (C=O) groups excluding carboxylic acids is 1. The van der Waals surface area contributed by atoms with E-state index in [4.69, 9.17) is 4.74 Å². The molecule has 10 heteroatoms. The second kappa shape index (κ2) is 11.2. The van der Waals surface area contributed by atoms with Crippen LogP contribution < -0.4 is 4.72 Å². The minimum absolute atomic E-state index is 0.181. The minimum Gasteiger partial charge on any atom is -0.438 e. The second-order valence-corrected chi connectivity index (χ2v) is 11.3. The molecule has 1 aliphatic rings. The third-order valence-electron chi connectivity index (χ3n) is 6.87. The van der Waals surface area contributed by atoms with Crippen LogP contribution in [0.25, 0.3) is 11.1 Å². The van der Waals surface area contributed by atoms with E-state index in [2.05, 4.69) is 4.72 Å². The van der Waals surface area contributed by atoms with Gasteiger partial charge in [-0.2, -0.15) is 0 Å². The van der Waals surface area contributed by atoms with Crippen molar-refractivity contribution in [2.24, 2.45) is 0 Å². The van der Waals surface area contributed by atoms with Gasteiger partial charge in [-0.05, 0) is 60.7 Å². The number of carbonyl (C=O) groups is 1. The Morgan fingerprint density at radius 2 is 1.66 bits per heavy atom. The van der Waals surface area contributed by atoms with Crippen LogP contribution >= 0.6 is 0 Å². The van der Waals surface area contributed by atoms with Gasteiger partial charge in [-0.3, -0.25) is 0 Å². The molecule has 6 nitrogen and oxygen atoms in total. The number of benzene rings is 3. The van der Waals surface area contributed by atoms with Gasteiger partial charge in [0.25, 0.3) is 0 Å². The molecule has 4 rings (SSSR count). The Labute approximate surface area is 220 Å². The van der Waals surface area contributed by atoms with Crippen LogP contribution in [0.2, 0.25) is 0 Å². The molecule has 0 bridgehead atoms. The van der Waals surface area contributed by atoms with Gasteiger partial charge < -0.3 is 9.64 Å². The number of amides is 1. The van der Waals surface area contributed by atoms with E-state index in [1.807, 2.05) is 6.92 Å². The van der Waals surface area contributed by atoms with E-state index in [-0.39, 0.29) is 18.2 Å². The van der Waals surface area contributed by atoms with Crippen molar-refractivity contribution < 1.29 is 31.1 Å². The number of hydrogen-bond donors (Lipinski definition) is 1. The number of rotatable bonds is 9. The Bertz CT molecular complexity index is 1400. The van der Waals surface area contributed by atoms with Crippen molar-refractivity contribution >= 4 is 16.1 Å². The van der Waals surface area contributed by atoms with Gasteiger partial charge in [0.05, 0.1) is 12.3 Å². The predicted octanol–water partition coefficient (Wildman–Crippen LogP) is 5.90. The van der Waals surface area contributed by atoms with Crippen molar-refractivity contribution in [2.75, 3.05) is 19.3 Å². The Kier molecular flexibility index (Phi) is 8.13. The topological polar surface area (TPSA) is 75.7 Å². The van der Waals surface area contributed by atoms with Gasteiger partial charge in [0.1, 0.15) is 23.1 Å². The van der Waals surface area contributed by atoms with Gasteiger partial charge in [-0.15, -0.1) is 0 Å². The van der Waals surface area contributed by atoms with E-state index in [1.54, 1.807) is 41.3 Å². The quantitative estimate of drug-likeness (QED) is 0.339. The fourth-order valence-corrected chi connectivity index (χ4v) is 5.29. The first-order valence-corrected chi connectivity index (χ1v) is 14.1. The Morgan fingerprint density at radius 3 is 2.26 bits per heavy atom. The van der Waals surface area contributed by atoms with Crippen molar-refractivity contribution in [1.82, 2.24) is 9.62 Å². The molecule has 2 atom stereocenters. The third-order valence-corrected chi connectivity index (χ3v) is 7.60. The van der Waals surface area contributed by atoms with Crippen LogP contribution in [-0.4, -0.2) is 38.8 Å². The lowest BCUT2D eigenvalue weighted by Crippen LogP contribution is -2.49. The first kappa shape index (κ1) is 27.7. The predicted molar refractivity (Wildman–Crippen MR) is 138 cm³/mol. The van der Waals surface area contributed by atoms with E-state index >= 15 is 0 Å². The molecule has 0 radical (unpaired) electrons. The number of ether oxygens (including phenoxy) is 1. The van der Waals surface area contributed by atoms with Crippen LogP contribution in [0.1, 0.15) is 43.4 Å². The van der Waals surface area contributed by atoms with Gasteiger partial charge in [0.2, 0.25) is 10.0 Å². The molecule has 1 unspecified atom stereocenters. The highest BCUT2D eigenvalue weighted by molar-refractivity contribution is 7.88. The molecule has 1 heterocycles. The number of nitrogens with zero attached hydrogens (tertiary/aromatic N) is 1. The fraction of sp³-hybridized carbons (Fsp3) is 0.321. The average Bonchev–Trinajstić information content (AvgIpc) is 2.86. The smallest absolute Gasteiger partial charge is 0.411 e. The van der Waals surface area contributed by atoms with Crippen molar-refractivity contribution in [3.63, 3.8) is 0 Å². The van der Waals surface area contributed by atoms with Gasteiger partial charge in [0, 0.05) is 31.1 Å². The van der Waals surface area contributed by atoms with Crippen LogP contribution in [0, 0.1) is 17.5 Å². The summed E-state index contributed by atoms with van der Waals surface area (Å²) in [5, 5.41) is 0. The first-order valence-electron chi connectivity index (χ1n) is 12.2. The van der Waals surface area contributed by atoms with Crippen LogP contribution in [0.3, 0.4) is 0 Å². The summed E-state index contributed by atoms with van der Waals surface area (Å²) in [5.41, 5.74) is 1.28. The van der Waals surface area contributed by atoms with Crippen LogP contribution in [0.15, 0.2) is 66.7 Å². The maximum Gasteiger partial charge on any atom is 0.411 e. The average molecular weight is 547 g/mol. The molecule has 3 aromatic rings. The zero-order valence-electron chi connectivity index (χ0n) is 21.1. The molecule has 1 fully saturated rings. The minimum atomic E-state index is -3.36. The van der Waals surface area contributed by atoms with Crippen molar-refractivity contribution in [3.8, 4) is 11.1 Å². The van der Waals surface area contributed by atoms with E-state index in [9.17, 15) is 26.4 Å². The first-order chi connectivity index (χ1) is 18.0. The summed E-state index contributed by atoms with van der Waals surface area (Å²) in [6.45, 7) is 2.39. The van der Waals surface area contributed by atoms with Crippen molar-refractivity contribution in [3.05, 3.63) is 95.3 Å². The third kappa shape index (κ3) is 6.36. The molecule has 38 heavy (non-hydrogen) atoms. The summed E-state index contributed by atoms with van der Waals surface area (Å²) in [7, 11) is -3.36.